The van der Waals surface area contributed by atoms with E-state index in [9.17, 15) is 28.3 Å². The van der Waals surface area contributed by atoms with E-state index in [-0.39, 0.29) is 42.1 Å². The van der Waals surface area contributed by atoms with Crippen LogP contribution in [-0.2, 0) is 17.8 Å². The van der Waals surface area contributed by atoms with Gasteiger partial charge in [0.05, 0.1) is 13.2 Å². The van der Waals surface area contributed by atoms with Gasteiger partial charge in [-0.15, -0.1) is 0 Å². The predicted octanol–water partition coefficient (Wildman–Crippen LogP) is 1.28. The number of carbonyl (C=O) groups excluding carboxylic acids is 2. The highest BCUT2D eigenvalue weighted by Gasteiger charge is 2.43. The highest BCUT2D eigenvalue weighted by Crippen LogP contribution is 2.30. The van der Waals surface area contributed by atoms with Crippen molar-refractivity contribution in [3.63, 3.8) is 0 Å². The summed E-state index contributed by atoms with van der Waals surface area (Å²) in [6.07, 6.45) is 1.65. The average Bonchev–Trinajstić information content (AvgIpc) is 2.80. The van der Waals surface area contributed by atoms with Gasteiger partial charge in [-0.25, -0.2) is 8.78 Å². The Kier molecular flexibility index (Phi) is 6.67. The van der Waals surface area contributed by atoms with E-state index in [0.717, 1.165) is 19.0 Å². The Bertz CT molecular complexity index is 1180. The third kappa shape index (κ3) is 4.28. The van der Waals surface area contributed by atoms with E-state index in [1.807, 2.05) is 6.92 Å². The Morgan fingerprint density at radius 1 is 1.29 bits per heavy atom. The molecular formula is C23H26F2N4O5. The lowest BCUT2D eigenvalue weighted by molar-refractivity contribution is -0.0396. The van der Waals surface area contributed by atoms with E-state index < -0.39 is 34.6 Å². The van der Waals surface area contributed by atoms with Crippen LogP contribution in [0.3, 0.4) is 0 Å². The number of pyridine rings is 1. The number of nitrogens with zero attached hydrogens (tertiary/aromatic N) is 3. The number of halogens is 2. The number of aromatic hydroxyl groups is 1. The molecule has 1 unspecified atom stereocenters. The van der Waals surface area contributed by atoms with Gasteiger partial charge in [-0.1, -0.05) is 6.07 Å². The molecule has 2 aliphatic heterocycles. The zero-order valence-electron chi connectivity index (χ0n) is 18.9. The zero-order valence-corrected chi connectivity index (χ0v) is 18.9. The van der Waals surface area contributed by atoms with E-state index in [2.05, 4.69) is 10.2 Å². The molecule has 1 aromatic heterocycles. The number of ether oxygens (including phenoxy) is 1. The lowest BCUT2D eigenvalue weighted by Gasteiger charge is -2.50. The minimum Gasteiger partial charge on any atom is -0.503 e. The monoisotopic (exact) mass is 476 g/mol. The van der Waals surface area contributed by atoms with Gasteiger partial charge in [0.1, 0.15) is 23.4 Å². The lowest BCUT2D eigenvalue weighted by Crippen LogP contribution is -2.64. The minimum absolute atomic E-state index is 0.0350. The van der Waals surface area contributed by atoms with Gasteiger partial charge >= 0.3 is 0 Å². The number of fused-ring (bicyclic) bond motifs is 2. The molecule has 1 saturated heterocycles. The molecule has 11 heteroatoms. The number of hydrogen-bond acceptors (Lipinski definition) is 6. The van der Waals surface area contributed by atoms with Crippen molar-refractivity contribution in [2.45, 2.75) is 38.6 Å². The first-order valence-corrected chi connectivity index (χ1v) is 11.0. The molecule has 0 saturated carbocycles. The van der Waals surface area contributed by atoms with Crippen LogP contribution < -0.4 is 10.7 Å². The summed E-state index contributed by atoms with van der Waals surface area (Å²) in [6.45, 7) is 3.69. The molecule has 2 amide bonds. The molecule has 4 rings (SSSR count). The van der Waals surface area contributed by atoms with Crippen molar-refractivity contribution in [1.82, 2.24) is 19.7 Å². The number of aromatic nitrogens is 1. The van der Waals surface area contributed by atoms with Crippen molar-refractivity contribution in [2.75, 3.05) is 26.8 Å². The molecule has 182 valence electrons. The molecular weight excluding hydrogens is 450 g/mol. The summed E-state index contributed by atoms with van der Waals surface area (Å²) < 4.78 is 33.6. The van der Waals surface area contributed by atoms with Crippen LogP contribution in [0.4, 0.5) is 8.78 Å². The molecule has 0 bridgehead atoms. The molecule has 3 heterocycles. The highest BCUT2D eigenvalue weighted by atomic mass is 19.1. The van der Waals surface area contributed by atoms with Crippen molar-refractivity contribution < 1.29 is 28.2 Å². The second-order valence-electron chi connectivity index (χ2n) is 8.50. The van der Waals surface area contributed by atoms with E-state index >= 15 is 0 Å². The maximum atomic E-state index is 13.9. The van der Waals surface area contributed by atoms with Gasteiger partial charge in [0.25, 0.3) is 11.8 Å². The molecule has 2 aromatic rings. The number of hydrogen-bond donors (Lipinski definition) is 2. The van der Waals surface area contributed by atoms with Crippen molar-refractivity contribution in [3.05, 3.63) is 63.1 Å². The zero-order chi connectivity index (χ0) is 24.6. The fourth-order valence-corrected chi connectivity index (χ4v) is 4.53. The Labute approximate surface area is 194 Å². The first-order valence-electron chi connectivity index (χ1n) is 11.0. The summed E-state index contributed by atoms with van der Waals surface area (Å²) >= 11 is 0. The number of amides is 2. The van der Waals surface area contributed by atoms with Crippen molar-refractivity contribution >= 4 is 11.8 Å². The van der Waals surface area contributed by atoms with Gasteiger partial charge < -0.3 is 24.6 Å². The number of nitrogens with one attached hydrogen (secondary N) is 1. The van der Waals surface area contributed by atoms with Crippen molar-refractivity contribution in [3.8, 4) is 5.75 Å². The Morgan fingerprint density at radius 3 is 2.76 bits per heavy atom. The van der Waals surface area contributed by atoms with Crippen LogP contribution in [0.5, 0.6) is 5.75 Å². The summed E-state index contributed by atoms with van der Waals surface area (Å²) in [6, 6.07) is 2.85. The smallest absolute Gasteiger partial charge is 0.276 e. The van der Waals surface area contributed by atoms with E-state index in [0.29, 0.717) is 19.2 Å². The average molecular weight is 476 g/mol. The van der Waals surface area contributed by atoms with Crippen molar-refractivity contribution in [1.29, 1.82) is 0 Å². The summed E-state index contributed by atoms with van der Waals surface area (Å²) in [4.78, 5) is 42.5. The Balaban J connectivity index is 1.63. The topological polar surface area (TPSA) is 104 Å². The summed E-state index contributed by atoms with van der Waals surface area (Å²) in [5.41, 5.74) is -1.50. The SMILES string of the molecule is COCCN1CC[C@H](C)N2C(=O)c3c(O)c(=O)c(C(=O)NCc4ccc(F)cc4F)cn3CC12. The molecule has 0 spiro atoms. The van der Waals surface area contributed by atoms with Gasteiger partial charge in [0, 0.05) is 50.6 Å². The normalized spacial score (nSPS) is 20.1. The van der Waals surface area contributed by atoms with Crippen LogP contribution in [0.15, 0.2) is 29.2 Å². The maximum absolute atomic E-state index is 13.9. The van der Waals surface area contributed by atoms with Crippen LogP contribution in [-0.4, -0.2) is 70.3 Å². The third-order valence-corrected chi connectivity index (χ3v) is 6.39. The van der Waals surface area contributed by atoms with Gasteiger partial charge in [-0.05, 0) is 19.4 Å². The number of methoxy groups -OCH3 is 1. The fraction of sp³-hybridized carbons (Fsp3) is 0.435. The minimum atomic E-state index is -0.990. The van der Waals surface area contributed by atoms with Crippen LogP contribution in [0.1, 0.15) is 39.8 Å². The summed E-state index contributed by atoms with van der Waals surface area (Å²) in [5.74, 6) is -3.71. The number of rotatable bonds is 6. The molecule has 0 radical (unpaired) electrons. The summed E-state index contributed by atoms with van der Waals surface area (Å²) in [7, 11) is 1.59. The first kappa shape index (κ1) is 23.8. The van der Waals surface area contributed by atoms with E-state index in [1.165, 1.54) is 16.8 Å². The highest BCUT2D eigenvalue weighted by molar-refractivity contribution is 5.99. The first-order chi connectivity index (χ1) is 16.2. The largest absolute Gasteiger partial charge is 0.503 e. The Morgan fingerprint density at radius 2 is 2.06 bits per heavy atom. The molecule has 2 aliphatic rings. The van der Waals surface area contributed by atoms with Crippen LogP contribution >= 0.6 is 0 Å². The third-order valence-electron chi connectivity index (χ3n) is 6.39. The number of benzene rings is 1. The fourth-order valence-electron chi connectivity index (χ4n) is 4.53. The quantitative estimate of drug-likeness (QED) is 0.651. The second kappa shape index (κ2) is 9.51. The maximum Gasteiger partial charge on any atom is 0.276 e. The number of carbonyl (C=O) groups is 2. The lowest BCUT2D eigenvalue weighted by atomic mass is 10.0. The van der Waals surface area contributed by atoms with Gasteiger partial charge in [0.2, 0.25) is 5.43 Å². The van der Waals surface area contributed by atoms with Crippen LogP contribution in [0.2, 0.25) is 0 Å². The molecule has 2 N–H and O–H groups in total. The van der Waals surface area contributed by atoms with Crippen LogP contribution in [0.25, 0.3) is 0 Å². The summed E-state index contributed by atoms with van der Waals surface area (Å²) in [5, 5.41) is 13.0. The molecule has 1 aromatic carbocycles. The molecule has 34 heavy (non-hydrogen) atoms. The van der Waals surface area contributed by atoms with Gasteiger partial charge in [0.15, 0.2) is 11.4 Å². The Hall–Kier alpha value is -3.31. The second-order valence-corrected chi connectivity index (χ2v) is 8.50. The van der Waals surface area contributed by atoms with E-state index in [4.69, 9.17) is 4.74 Å². The standard InChI is InChI=1S/C23H26F2N4O5/c1-13-5-6-27(7-8-34-2)18-12-28-11-16(20(30)21(31)19(28)23(33)29(13)18)22(32)26-10-14-3-4-15(24)9-17(14)25/h3-4,9,11,13,18,31H,5-8,10,12H2,1-2H3,(H,26,32)/t13-,18?/m0/s1. The molecule has 9 nitrogen and oxygen atoms in total. The van der Waals surface area contributed by atoms with Gasteiger partial charge in [-0.2, -0.15) is 0 Å². The molecule has 1 fully saturated rings. The van der Waals surface area contributed by atoms with Crippen LogP contribution in [0, 0.1) is 11.6 Å². The predicted molar refractivity (Wildman–Crippen MR) is 117 cm³/mol. The van der Waals surface area contributed by atoms with E-state index in [1.54, 1.807) is 12.0 Å². The molecule has 0 aliphatic carbocycles. The van der Waals surface area contributed by atoms with Crippen molar-refractivity contribution in [2.24, 2.45) is 0 Å². The van der Waals surface area contributed by atoms with Gasteiger partial charge in [-0.3, -0.25) is 19.3 Å². The molecule has 2 atom stereocenters.